The van der Waals surface area contributed by atoms with E-state index in [0.29, 0.717) is 25.2 Å². The summed E-state index contributed by atoms with van der Waals surface area (Å²) < 4.78 is 18.8. The highest BCUT2D eigenvalue weighted by Gasteiger charge is 2.25. The molecule has 118 valence electrons. The summed E-state index contributed by atoms with van der Waals surface area (Å²) >= 11 is 0. The smallest absolute Gasteiger partial charge is 0.123 e. The molecule has 3 nitrogen and oxygen atoms in total. The van der Waals surface area contributed by atoms with E-state index < -0.39 is 0 Å². The molecular formula is C17H26FNO2. The number of benzene rings is 1. The molecule has 1 N–H and O–H groups in total. The lowest BCUT2D eigenvalue weighted by molar-refractivity contribution is -0.00715. The van der Waals surface area contributed by atoms with Gasteiger partial charge in [0.05, 0.1) is 6.10 Å². The van der Waals surface area contributed by atoms with E-state index in [0.717, 1.165) is 32.4 Å². The van der Waals surface area contributed by atoms with Gasteiger partial charge in [0.25, 0.3) is 0 Å². The fourth-order valence-corrected chi connectivity index (χ4v) is 3.06. The van der Waals surface area contributed by atoms with Crippen LogP contribution in [0.5, 0.6) is 0 Å². The van der Waals surface area contributed by atoms with Crippen molar-refractivity contribution < 1.29 is 14.2 Å². The Kier molecular flexibility index (Phi) is 6.61. The van der Waals surface area contributed by atoms with Gasteiger partial charge in [0.15, 0.2) is 0 Å². The number of hydrogen-bond acceptors (Lipinski definition) is 3. The molecule has 0 saturated carbocycles. The zero-order chi connectivity index (χ0) is 15.1. The van der Waals surface area contributed by atoms with Crippen molar-refractivity contribution in [1.82, 2.24) is 4.90 Å². The maximum Gasteiger partial charge on any atom is 0.123 e. The molecule has 1 aliphatic rings. The molecule has 0 radical (unpaired) electrons. The zero-order valence-corrected chi connectivity index (χ0v) is 12.8. The van der Waals surface area contributed by atoms with Crippen molar-refractivity contribution in [3.05, 3.63) is 35.6 Å². The van der Waals surface area contributed by atoms with Gasteiger partial charge in [-0.2, -0.15) is 0 Å². The average Bonchev–Trinajstić information content (AvgIpc) is 2.52. The summed E-state index contributed by atoms with van der Waals surface area (Å²) in [6, 6.07) is 7.25. The van der Waals surface area contributed by atoms with Gasteiger partial charge >= 0.3 is 0 Å². The Bertz CT molecular complexity index is 402. The Morgan fingerprint density at radius 1 is 1.29 bits per heavy atom. The van der Waals surface area contributed by atoms with Gasteiger partial charge in [-0.15, -0.1) is 0 Å². The average molecular weight is 295 g/mol. The van der Waals surface area contributed by atoms with Crippen LogP contribution in [0.15, 0.2) is 24.3 Å². The van der Waals surface area contributed by atoms with Gasteiger partial charge in [-0.05, 0) is 43.4 Å². The molecule has 1 heterocycles. The monoisotopic (exact) mass is 295 g/mol. The second-order valence-electron chi connectivity index (χ2n) is 5.66. The Hall–Kier alpha value is -0.970. The topological polar surface area (TPSA) is 32.7 Å². The largest absolute Gasteiger partial charge is 0.396 e. The first-order chi connectivity index (χ1) is 10.2. The first-order valence-electron chi connectivity index (χ1n) is 7.96. The van der Waals surface area contributed by atoms with Crippen molar-refractivity contribution in [2.75, 3.05) is 26.3 Å². The molecule has 0 aliphatic carbocycles. The molecular weight excluding hydrogens is 269 g/mol. The van der Waals surface area contributed by atoms with Crippen LogP contribution in [0.4, 0.5) is 4.39 Å². The molecule has 1 aromatic rings. The third-order valence-electron chi connectivity index (χ3n) is 4.21. The fourth-order valence-electron chi connectivity index (χ4n) is 3.06. The SMILES string of the molecule is CCC(c1ccc(F)cc1)N1CCC(OCCCO)CC1. The molecule has 1 fully saturated rings. The summed E-state index contributed by atoms with van der Waals surface area (Å²) in [4.78, 5) is 2.47. The summed E-state index contributed by atoms with van der Waals surface area (Å²) in [5, 5.41) is 8.77. The minimum absolute atomic E-state index is 0.176. The number of aliphatic hydroxyl groups is 1. The lowest BCUT2D eigenvalue weighted by Crippen LogP contribution is -2.39. The van der Waals surface area contributed by atoms with E-state index in [1.807, 2.05) is 12.1 Å². The number of likely N-dealkylation sites (tertiary alicyclic amines) is 1. The minimum atomic E-state index is -0.176. The Labute approximate surface area is 126 Å². The van der Waals surface area contributed by atoms with Crippen molar-refractivity contribution in [3.8, 4) is 0 Å². The molecule has 4 heteroatoms. The maximum atomic E-state index is 13.0. The number of rotatable bonds is 7. The molecule has 2 rings (SSSR count). The van der Waals surface area contributed by atoms with Gasteiger partial charge in [0.2, 0.25) is 0 Å². The van der Waals surface area contributed by atoms with Crippen LogP contribution in [0.1, 0.15) is 44.2 Å². The van der Waals surface area contributed by atoms with Crippen molar-refractivity contribution in [2.45, 2.75) is 44.8 Å². The second-order valence-corrected chi connectivity index (χ2v) is 5.66. The summed E-state index contributed by atoms with van der Waals surface area (Å²) in [6.07, 6.45) is 4.12. The molecule has 0 spiro atoms. The molecule has 1 aliphatic heterocycles. The molecule has 1 unspecified atom stereocenters. The summed E-state index contributed by atoms with van der Waals surface area (Å²) in [5.74, 6) is -0.176. The predicted octanol–water partition coefficient (Wildman–Crippen LogP) is 3.14. The van der Waals surface area contributed by atoms with Gasteiger partial charge in [-0.25, -0.2) is 4.39 Å². The molecule has 0 amide bonds. The summed E-state index contributed by atoms with van der Waals surface area (Å²) in [7, 11) is 0. The first kappa shape index (κ1) is 16.4. The number of hydrogen-bond donors (Lipinski definition) is 1. The quantitative estimate of drug-likeness (QED) is 0.784. The van der Waals surface area contributed by atoms with Gasteiger partial charge in [-0.1, -0.05) is 19.1 Å². The molecule has 1 aromatic carbocycles. The first-order valence-corrected chi connectivity index (χ1v) is 7.96. The van der Waals surface area contributed by atoms with Crippen molar-refractivity contribution in [2.24, 2.45) is 0 Å². The number of nitrogens with zero attached hydrogens (tertiary/aromatic N) is 1. The minimum Gasteiger partial charge on any atom is -0.396 e. The Balaban J connectivity index is 1.86. The lowest BCUT2D eigenvalue weighted by atomic mass is 9.98. The van der Waals surface area contributed by atoms with Crippen LogP contribution in [0.2, 0.25) is 0 Å². The third-order valence-corrected chi connectivity index (χ3v) is 4.21. The molecule has 0 aromatic heterocycles. The van der Waals surface area contributed by atoms with Crippen LogP contribution < -0.4 is 0 Å². The molecule has 21 heavy (non-hydrogen) atoms. The highest BCUT2D eigenvalue weighted by molar-refractivity contribution is 5.20. The van der Waals surface area contributed by atoms with E-state index in [-0.39, 0.29) is 12.4 Å². The summed E-state index contributed by atoms with van der Waals surface area (Å²) in [5.41, 5.74) is 1.19. The van der Waals surface area contributed by atoms with E-state index in [4.69, 9.17) is 9.84 Å². The molecule has 1 atom stereocenters. The maximum absolute atomic E-state index is 13.0. The van der Waals surface area contributed by atoms with Gasteiger partial charge < -0.3 is 9.84 Å². The third kappa shape index (κ3) is 4.77. The van der Waals surface area contributed by atoms with Crippen LogP contribution in [-0.2, 0) is 4.74 Å². The second kappa shape index (κ2) is 8.47. The summed E-state index contributed by atoms with van der Waals surface area (Å²) in [6.45, 7) is 5.05. The number of halogens is 1. The van der Waals surface area contributed by atoms with Crippen LogP contribution in [-0.4, -0.2) is 42.4 Å². The predicted molar refractivity (Wildman–Crippen MR) is 81.7 cm³/mol. The van der Waals surface area contributed by atoms with Crippen LogP contribution >= 0.6 is 0 Å². The number of piperidine rings is 1. The highest BCUT2D eigenvalue weighted by atomic mass is 19.1. The number of aliphatic hydroxyl groups excluding tert-OH is 1. The number of ether oxygens (including phenoxy) is 1. The highest BCUT2D eigenvalue weighted by Crippen LogP contribution is 2.28. The van der Waals surface area contributed by atoms with Crippen LogP contribution in [0.3, 0.4) is 0 Å². The standard InChI is InChI=1S/C17H26FNO2/c1-2-17(14-4-6-15(18)7-5-14)19-10-8-16(9-11-19)21-13-3-12-20/h4-7,16-17,20H,2-3,8-13H2,1H3. The van der Waals surface area contributed by atoms with E-state index >= 15 is 0 Å². The van der Waals surface area contributed by atoms with Gasteiger partial charge in [0, 0.05) is 32.3 Å². The van der Waals surface area contributed by atoms with Crippen molar-refractivity contribution in [1.29, 1.82) is 0 Å². The van der Waals surface area contributed by atoms with Crippen molar-refractivity contribution >= 4 is 0 Å². The van der Waals surface area contributed by atoms with Crippen LogP contribution in [0.25, 0.3) is 0 Å². The van der Waals surface area contributed by atoms with Crippen LogP contribution in [0, 0.1) is 5.82 Å². The fraction of sp³-hybridized carbons (Fsp3) is 0.647. The van der Waals surface area contributed by atoms with E-state index in [9.17, 15) is 4.39 Å². The van der Waals surface area contributed by atoms with Gasteiger partial charge in [-0.3, -0.25) is 4.90 Å². The Morgan fingerprint density at radius 3 is 2.52 bits per heavy atom. The van der Waals surface area contributed by atoms with Crippen molar-refractivity contribution in [3.63, 3.8) is 0 Å². The van der Waals surface area contributed by atoms with E-state index in [1.54, 1.807) is 12.1 Å². The molecule has 1 saturated heterocycles. The molecule has 0 bridgehead atoms. The van der Waals surface area contributed by atoms with Gasteiger partial charge in [0.1, 0.15) is 5.82 Å². The van der Waals surface area contributed by atoms with E-state index in [2.05, 4.69) is 11.8 Å². The zero-order valence-electron chi connectivity index (χ0n) is 12.8. The normalized spacial score (nSPS) is 18.8. The lowest BCUT2D eigenvalue weighted by Gasteiger charge is -2.37. The Morgan fingerprint density at radius 2 is 1.95 bits per heavy atom. The van der Waals surface area contributed by atoms with E-state index in [1.165, 1.54) is 5.56 Å².